The molecule has 10 heteroatoms. The fraction of sp³-hybridized carbons (Fsp3) is 0.407. The number of likely N-dealkylation sites (N-methyl/N-ethyl adjacent to an activating group) is 1. The van der Waals surface area contributed by atoms with Crippen LogP contribution in [0.1, 0.15) is 5.82 Å². The molecule has 0 spiro atoms. The van der Waals surface area contributed by atoms with Gasteiger partial charge in [0.25, 0.3) is 0 Å². The van der Waals surface area contributed by atoms with Crippen molar-refractivity contribution in [2.75, 3.05) is 86.7 Å². The van der Waals surface area contributed by atoms with Gasteiger partial charge in [0, 0.05) is 74.8 Å². The Kier molecular flexibility index (Phi) is 6.58. The fourth-order valence-electron chi connectivity index (χ4n) is 5.03. The summed E-state index contributed by atoms with van der Waals surface area (Å²) in [5, 5.41) is 7.98. The second-order valence-corrected chi connectivity index (χ2v) is 9.64. The Balaban J connectivity index is 1.12. The van der Waals surface area contributed by atoms with Crippen LogP contribution in [0.4, 0.5) is 28.7 Å². The van der Waals surface area contributed by atoms with E-state index in [9.17, 15) is 0 Å². The van der Waals surface area contributed by atoms with Crippen LogP contribution in [-0.4, -0.2) is 86.3 Å². The Bertz CT molecular complexity index is 1240. The minimum absolute atomic E-state index is 0.568. The molecule has 1 N–H and O–H groups in total. The standard InChI is InChI=1S/C27H34N8O2/c1-31-9-11-33(12-10-31)24-8-3-21(19-25(24)36-2)28-27-29-26-20-34(13-14-35(26)30-27)23-6-4-22(5-7-23)32-15-17-37-18-16-32/h3-8,13-14,19H,9-12,15-18,20H2,1-2H3,(H,28,30). The van der Waals surface area contributed by atoms with E-state index < -0.39 is 0 Å². The van der Waals surface area contributed by atoms with E-state index in [4.69, 9.17) is 14.5 Å². The Morgan fingerprint density at radius 3 is 2.38 bits per heavy atom. The molecule has 0 aliphatic carbocycles. The Hall–Kier alpha value is -3.76. The van der Waals surface area contributed by atoms with Crippen molar-refractivity contribution in [2.45, 2.75) is 6.54 Å². The number of fused-ring (bicyclic) bond motifs is 1. The van der Waals surface area contributed by atoms with Crippen molar-refractivity contribution in [2.24, 2.45) is 0 Å². The van der Waals surface area contributed by atoms with Crippen molar-refractivity contribution < 1.29 is 9.47 Å². The molecule has 2 saturated heterocycles. The highest BCUT2D eigenvalue weighted by atomic mass is 16.5. The normalized spacial score (nSPS) is 18.2. The third-order valence-corrected chi connectivity index (χ3v) is 7.24. The Morgan fingerprint density at radius 2 is 1.62 bits per heavy atom. The van der Waals surface area contributed by atoms with Gasteiger partial charge in [0.05, 0.1) is 32.6 Å². The molecule has 37 heavy (non-hydrogen) atoms. The summed E-state index contributed by atoms with van der Waals surface area (Å²) in [7, 11) is 3.88. The van der Waals surface area contributed by atoms with Gasteiger partial charge in [-0.25, -0.2) is 4.68 Å². The third kappa shape index (κ3) is 5.07. The number of anilines is 5. The van der Waals surface area contributed by atoms with Gasteiger partial charge < -0.3 is 34.4 Å². The number of ether oxygens (including phenoxy) is 2. The maximum Gasteiger partial charge on any atom is 0.247 e. The Morgan fingerprint density at radius 1 is 0.865 bits per heavy atom. The molecule has 0 atom stereocenters. The molecular weight excluding hydrogens is 468 g/mol. The van der Waals surface area contributed by atoms with Crippen molar-refractivity contribution in [3.63, 3.8) is 0 Å². The van der Waals surface area contributed by atoms with E-state index in [1.54, 1.807) is 7.11 Å². The van der Waals surface area contributed by atoms with Crippen LogP contribution in [0, 0.1) is 0 Å². The third-order valence-electron chi connectivity index (χ3n) is 7.24. The van der Waals surface area contributed by atoms with Gasteiger partial charge >= 0.3 is 0 Å². The summed E-state index contributed by atoms with van der Waals surface area (Å²) in [6.45, 7) is 8.19. The van der Waals surface area contributed by atoms with Crippen molar-refractivity contribution in [1.29, 1.82) is 0 Å². The van der Waals surface area contributed by atoms with Crippen LogP contribution < -0.4 is 24.8 Å². The van der Waals surface area contributed by atoms with Crippen LogP contribution in [0.25, 0.3) is 6.20 Å². The molecule has 0 radical (unpaired) electrons. The zero-order chi connectivity index (χ0) is 25.2. The summed E-state index contributed by atoms with van der Waals surface area (Å²) < 4.78 is 13.0. The number of nitrogens with zero attached hydrogens (tertiary/aromatic N) is 7. The average molecular weight is 503 g/mol. The summed E-state index contributed by atoms with van der Waals surface area (Å²) in [6.07, 6.45) is 3.99. The largest absolute Gasteiger partial charge is 0.495 e. The first-order valence-corrected chi connectivity index (χ1v) is 12.9. The number of morpholine rings is 1. The molecule has 0 bridgehead atoms. The van der Waals surface area contributed by atoms with Crippen LogP contribution in [-0.2, 0) is 11.3 Å². The molecule has 194 valence electrons. The van der Waals surface area contributed by atoms with Gasteiger partial charge in [-0.3, -0.25) is 0 Å². The predicted molar refractivity (Wildman–Crippen MR) is 147 cm³/mol. The molecule has 2 fully saturated rings. The van der Waals surface area contributed by atoms with E-state index in [0.29, 0.717) is 12.5 Å². The summed E-state index contributed by atoms with van der Waals surface area (Å²) >= 11 is 0. The van der Waals surface area contributed by atoms with Gasteiger partial charge in [-0.05, 0) is 43.4 Å². The lowest BCUT2D eigenvalue weighted by Crippen LogP contribution is -2.44. The molecule has 6 rings (SSSR count). The first-order valence-electron chi connectivity index (χ1n) is 12.9. The fourth-order valence-corrected chi connectivity index (χ4v) is 5.03. The maximum absolute atomic E-state index is 5.73. The summed E-state index contributed by atoms with van der Waals surface area (Å²) in [4.78, 5) is 14.0. The van der Waals surface area contributed by atoms with Crippen LogP contribution in [0.15, 0.2) is 48.7 Å². The number of benzene rings is 2. The number of rotatable bonds is 6. The lowest BCUT2D eigenvalue weighted by Gasteiger charge is -2.34. The zero-order valence-corrected chi connectivity index (χ0v) is 21.5. The van der Waals surface area contributed by atoms with Gasteiger partial charge in [-0.15, -0.1) is 5.10 Å². The van der Waals surface area contributed by atoms with Crippen molar-refractivity contribution in [3.8, 4) is 5.75 Å². The van der Waals surface area contributed by atoms with E-state index >= 15 is 0 Å². The molecule has 10 nitrogen and oxygen atoms in total. The number of methoxy groups -OCH3 is 1. The van der Waals surface area contributed by atoms with E-state index in [0.717, 1.165) is 81.1 Å². The smallest absolute Gasteiger partial charge is 0.247 e. The number of piperazine rings is 1. The van der Waals surface area contributed by atoms with Crippen LogP contribution in [0.3, 0.4) is 0 Å². The SMILES string of the molecule is COc1cc(Nc2nc3n(n2)C=CN(c2ccc(N4CCOCC4)cc2)C3)ccc1N1CCN(C)CC1. The second kappa shape index (κ2) is 10.3. The maximum atomic E-state index is 5.73. The van der Waals surface area contributed by atoms with Gasteiger partial charge in [-0.1, -0.05) is 0 Å². The van der Waals surface area contributed by atoms with Gasteiger partial charge in [-0.2, -0.15) is 4.98 Å². The first-order chi connectivity index (χ1) is 18.2. The molecule has 2 aromatic carbocycles. The van der Waals surface area contributed by atoms with Crippen LogP contribution >= 0.6 is 0 Å². The zero-order valence-electron chi connectivity index (χ0n) is 21.5. The lowest BCUT2D eigenvalue weighted by molar-refractivity contribution is 0.122. The van der Waals surface area contributed by atoms with E-state index in [2.05, 4.69) is 73.5 Å². The number of hydrogen-bond donors (Lipinski definition) is 1. The molecule has 3 aromatic rings. The second-order valence-electron chi connectivity index (χ2n) is 9.64. The molecular formula is C27H34N8O2. The molecule has 4 heterocycles. The molecule has 0 amide bonds. The van der Waals surface area contributed by atoms with E-state index in [1.807, 2.05) is 23.1 Å². The van der Waals surface area contributed by atoms with Gasteiger partial charge in [0.1, 0.15) is 5.75 Å². The summed E-state index contributed by atoms with van der Waals surface area (Å²) in [5.41, 5.74) is 4.38. The summed E-state index contributed by atoms with van der Waals surface area (Å²) in [6, 6.07) is 14.9. The molecule has 0 saturated carbocycles. The Labute approximate surface area is 217 Å². The quantitative estimate of drug-likeness (QED) is 0.547. The number of nitrogens with one attached hydrogen (secondary N) is 1. The van der Waals surface area contributed by atoms with E-state index in [1.165, 1.54) is 5.69 Å². The highest BCUT2D eigenvalue weighted by Gasteiger charge is 2.20. The van der Waals surface area contributed by atoms with E-state index in [-0.39, 0.29) is 0 Å². The molecule has 0 unspecified atom stereocenters. The van der Waals surface area contributed by atoms with Crippen LogP contribution in [0.5, 0.6) is 5.75 Å². The first kappa shape index (κ1) is 23.6. The minimum atomic E-state index is 0.568. The highest BCUT2D eigenvalue weighted by Crippen LogP contribution is 2.33. The summed E-state index contributed by atoms with van der Waals surface area (Å²) in [5.74, 6) is 2.30. The van der Waals surface area contributed by atoms with Gasteiger partial charge in [0.15, 0.2) is 5.82 Å². The number of aromatic nitrogens is 3. The predicted octanol–water partition coefficient (Wildman–Crippen LogP) is 3.07. The molecule has 3 aliphatic heterocycles. The molecule has 1 aromatic heterocycles. The van der Waals surface area contributed by atoms with Crippen molar-refractivity contribution in [1.82, 2.24) is 19.7 Å². The van der Waals surface area contributed by atoms with Gasteiger partial charge in [0.2, 0.25) is 5.95 Å². The highest BCUT2D eigenvalue weighted by molar-refractivity contribution is 5.68. The average Bonchev–Trinajstić information content (AvgIpc) is 3.35. The van der Waals surface area contributed by atoms with Crippen LogP contribution in [0.2, 0.25) is 0 Å². The lowest BCUT2D eigenvalue weighted by atomic mass is 10.2. The van der Waals surface area contributed by atoms with Crippen molar-refractivity contribution in [3.05, 3.63) is 54.5 Å². The number of hydrogen-bond acceptors (Lipinski definition) is 9. The van der Waals surface area contributed by atoms with Crippen molar-refractivity contribution >= 4 is 34.9 Å². The minimum Gasteiger partial charge on any atom is -0.495 e. The topological polar surface area (TPSA) is 74.2 Å². The molecule has 3 aliphatic rings. The monoisotopic (exact) mass is 502 g/mol.